The molecule has 0 rings (SSSR count). The van der Waals surface area contributed by atoms with E-state index in [1.165, 1.54) is 0 Å². The van der Waals surface area contributed by atoms with Gasteiger partial charge in [0.25, 0.3) is 0 Å². The van der Waals surface area contributed by atoms with Gasteiger partial charge in [-0.25, -0.2) is 20.5 Å². The van der Waals surface area contributed by atoms with Crippen molar-refractivity contribution in [1.29, 1.82) is 0 Å². The molecule has 0 radical (unpaired) electrons. The second-order valence-electron chi connectivity index (χ2n) is 0.506. The summed E-state index contributed by atoms with van der Waals surface area (Å²) in [5.41, 5.74) is 0. The van der Waals surface area contributed by atoms with E-state index in [1.807, 2.05) is 0 Å². The van der Waals surface area contributed by atoms with Crippen molar-refractivity contribution in [3.63, 3.8) is 0 Å². The number of hydrazine groups is 1. The van der Waals surface area contributed by atoms with E-state index in [0.29, 0.717) is 0 Å². The van der Waals surface area contributed by atoms with Crippen molar-refractivity contribution < 1.29 is 15.4 Å². The zero-order valence-electron chi connectivity index (χ0n) is 2.61. The highest BCUT2D eigenvalue weighted by molar-refractivity contribution is 3.89. The number of rotatable bonds is 1. The molecule has 0 aromatic heterocycles. The molecule has 0 aliphatic carbocycles. The maximum Gasteiger partial charge on any atom is 0.216 e. The number of hydrogen-bond donors (Lipinski definition) is 2. The molecule has 0 bridgehead atoms. The number of nitrogens with zero attached hydrogens (tertiary/aromatic N) is 2. The predicted molar refractivity (Wildman–Crippen MR) is 12.4 cm³/mol. The summed E-state index contributed by atoms with van der Waals surface area (Å²) >= 11 is 0. The third kappa shape index (κ3) is 1.44. The smallest absolute Gasteiger partial charge is 0.216 e. The van der Waals surface area contributed by atoms with Crippen LogP contribution in [0.2, 0.25) is 0 Å². The lowest BCUT2D eigenvalue weighted by Crippen LogP contribution is -2.20. The van der Waals surface area contributed by atoms with Crippen LogP contribution < -0.4 is 0 Å². The third-order valence-electron chi connectivity index (χ3n) is 0.146. The summed E-state index contributed by atoms with van der Waals surface area (Å²) in [7, 11) is 0. The molecule has 0 atom stereocenters. The number of hydrogen-bond acceptors (Lipinski definition) is 4. The first-order valence-corrected chi connectivity index (χ1v) is 0.965. The molecule has 0 aliphatic rings. The molecule has 36 valence electrons. The van der Waals surface area contributed by atoms with E-state index in [0.717, 1.165) is 0 Å². The minimum Gasteiger partial charge on any atom is -0.231 e. The SMILES string of the molecule is O=[N+]([O-])N(O)O. The van der Waals surface area contributed by atoms with Gasteiger partial charge in [0.15, 0.2) is 5.34 Å². The molecular formula is H2N2O4. The first-order chi connectivity index (χ1) is 2.64. The van der Waals surface area contributed by atoms with Crippen molar-refractivity contribution in [1.82, 2.24) is 5.34 Å². The fourth-order valence-corrected chi connectivity index (χ4v) is 0. The summed E-state index contributed by atoms with van der Waals surface area (Å²) in [6.45, 7) is 0. The molecule has 0 aromatic carbocycles. The Hall–Kier alpha value is -0.880. The van der Waals surface area contributed by atoms with E-state index in [-0.39, 0.29) is 0 Å². The highest BCUT2D eigenvalue weighted by Gasteiger charge is 1.99. The third-order valence-corrected chi connectivity index (χ3v) is 0.146. The lowest BCUT2D eigenvalue weighted by Gasteiger charge is -1.88. The minimum absolute atomic E-state index is 1.11. The molecule has 6 nitrogen and oxygen atoms in total. The van der Waals surface area contributed by atoms with Crippen LogP contribution in [-0.2, 0) is 0 Å². The second-order valence-corrected chi connectivity index (χ2v) is 0.506. The highest BCUT2D eigenvalue weighted by atomic mass is 16.9. The molecule has 0 aliphatic heterocycles. The summed E-state index contributed by atoms with van der Waals surface area (Å²) in [6.07, 6.45) is 0. The van der Waals surface area contributed by atoms with Gasteiger partial charge in [-0.3, -0.25) is 0 Å². The molecule has 0 amide bonds. The van der Waals surface area contributed by atoms with Gasteiger partial charge in [0.1, 0.15) is 0 Å². The van der Waals surface area contributed by atoms with Crippen molar-refractivity contribution in [3.8, 4) is 0 Å². The van der Waals surface area contributed by atoms with Crippen molar-refractivity contribution in [2.75, 3.05) is 0 Å². The Kier molecular flexibility index (Phi) is 1.31. The van der Waals surface area contributed by atoms with Gasteiger partial charge < -0.3 is 0 Å². The summed E-state index contributed by atoms with van der Waals surface area (Å²) < 4.78 is 0. The van der Waals surface area contributed by atoms with Crippen LogP contribution in [0.4, 0.5) is 0 Å². The van der Waals surface area contributed by atoms with Gasteiger partial charge >= 0.3 is 0 Å². The zero-order chi connectivity index (χ0) is 5.15. The summed E-state index contributed by atoms with van der Waals surface area (Å²) in [5, 5.41) is 21.1. The van der Waals surface area contributed by atoms with E-state index >= 15 is 0 Å². The molecule has 0 unspecified atom stereocenters. The summed E-state index contributed by atoms with van der Waals surface area (Å²) in [6, 6.07) is 0. The molecule has 0 heterocycles. The molecule has 0 saturated carbocycles. The summed E-state index contributed by atoms with van der Waals surface area (Å²) in [4.78, 5) is 8.93. The topological polar surface area (TPSA) is 86.8 Å². The van der Waals surface area contributed by atoms with Gasteiger partial charge in [0.2, 0.25) is 5.03 Å². The Morgan fingerprint density at radius 2 is 1.83 bits per heavy atom. The maximum atomic E-state index is 8.93. The lowest BCUT2D eigenvalue weighted by molar-refractivity contribution is -0.804. The average Bonchev–Trinajstić information content (AvgIpc) is 1.36. The molecule has 6 heteroatoms. The Bertz CT molecular complexity index is 56.6. The molecule has 0 fully saturated rings. The number of nitro groups is 1. The minimum atomic E-state index is -1.39. The van der Waals surface area contributed by atoms with E-state index in [4.69, 9.17) is 20.5 Å². The molecular weight excluding hydrogens is 92.0 g/mol. The van der Waals surface area contributed by atoms with Gasteiger partial charge in [-0.1, -0.05) is 0 Å². The van der Waals surface area contributed by atoms with Gasteiger partial charge in [0.05, 0.1) is 0 Å². The zero-order valence-corrected chi connectivity index (χ0v) is 2.61. The first-order valence-electron chi connectivity index (χ1n) is 0.965. The molecule has 2 N–H and O–H groups in total. The van der Waals surface area contributed by atoms with Gasteiger partial charge in [-0.2, -0.15) is 0 Å². The second kappa shape index (κ2) is 1.53. The Balaban J connectivity index is 3.26. The van der Waals surface area contributed by atoms with E-state index in [9.17, 15) is 0 Å². The lowest BCUT2D eigenvalue weighted by atomic mass is 12.5. The Morgan fingerprint density at radius 1 is 1.67 bits per heavy atom. The van der Waals surface area contributed by atoms with E-state index < -0.39 is 10.4 Å². The van der Waals surface area contributed by atoms with Crippen molar-refractivity contribution in [3.05, 3.63) is 10.1 Å². The maximum absolute atomic E-state index is 8.93. The Labute approximate surface area is 32.3 Å². The van der Waals surface area contributed by atoms with Crippen LogP contribution in [0.15, 0.2) is 0 Å². The standard InChI is InChI=1S/H2N2O4/c3-1(4)2(5)6/h3-4H. The molecule has 0 aromatic rings. The largest absolute Gasteiger partial charge is 0.231 e. The van der Waals surface area contributed by atoms with Crippen LogP contribution >= 0.6 is 0 Å². The molecule has 6 heavy (non-hydrogen) atoms. The van der Waals surface area contributed by atoms with Crippen molar-refractivity contribution in [2.45, 2.75) is 0 Å². The van der Waals surface area contributed by atoms with Crippen LogP contribution in [0.25, 0.3) is 0 Å². The van der Waals surface area contributed by atoms with Gasteiger partial charge in [-0.15, -0.1) is 0 Å². The van der Waals surface area contributed by atoms with Crippen LogP contribution in [0.1, 0.15) is 0 Å². The fraction of sp³-hybridized carbons (Fsp3) is 0. The van der Waals surface area contributed by atoms with Crippen molar-refractivity contribution >= 4 is 0 Å². The normalized spacial score (nSPS) is 7.67. The summed E-state index contributed by atoms with van der Waals surface area (Å²) in [5.74, 6) is 0. The quantitative estimate of drug-likeness (QED) is 0.330. The van der Waals surface area contributed by atoms with Crippen LogP contribution in [0, 0.1) is 10.1 Å². The highest BCUT2D eigenvalue weighted by Crippen LogP contribution is 1.65. The molecule has 0 spiro atoms. The van der Waals surface area contributed by atoms with Crippen molar-refractivity contribution in [2.24, 2.45) is 0 Å². The van der Waals surface area contributed by atoms with Crippen LogP contribution in [0.3, 0.4) is 0 Å². The van der Waals surface area contributed by atoms with Gasteiger partial charge in [-0.05, 0) is 0 Å². The van der Waals surface area contributed by atoms with Gasteiger partial charge in [0, 0.05) is 0 Å². The van der Waals surface area contributed by atoms with E-state index in [1.54, 1.807) is 0 Å². The predicted octanol–water partition coefficient (Wildman–Crippen LogP) is -0.742. The Morgan fingerprint density at radius 3 is 1.83 bits per heavy atom. The first kappa shape index (κ1) is 5.12. The average molecular weight is 94.0 g/mol. The fourth-order valence-electron chi connectivity index (χ4n) is 0. The monoisotopic (exact) mass is 94.0 g/mol. The van der Waals surface area contributed by atoms with Crippen LogP contribution in [0.5, 0.6) is 0 Å². The van der Waals surface area contributed by atoms with Crippen LogP contribution in [-0.4, -0.2) is 20.8 Å². The molecule has 0 saturated heterocycles. The van der Waals surface area contributed by atoms with E-state index in [2.05, 4.69) is 0 Å².